The largest absolute Gasteiger partial charge is 0.371 e. The number of hydrogen-bond donors (Lipinski definition) is 2. The maximum atomic E-state index is 13.4. The zero-order valence-electron chi connectivity index (χ0n) is 13.3. The van der Waals surface area contributed by atoms with Crippen LogP contribution in [-0.4, -0.2) is 41.4 Å². The Hall–Kier alpha value is -2.11. The molecule has 3 rings (SSSR count). The molecule has 0 spiro atoms. The molecule has 0 atom stereocenters. The maximum Gasteiger partial charge on any atom is 0.246 e. The van der Waals surface area contributed by atoms with Crippen molar-refractivity contribution in [3.63, 3.8) is 0 Å². The van der Waals surface area contributed by atoms with Crippen LogP contribution in [0.25, 0.3) is 0 Å². The van der Waals surface area contributed by atoms with E-state index < -0.39 is 5.54 Å². The summed E-state index contributed by atoms with van der Waals surface area (Å²) in [6, 6.07) is 6.41. The van der Waals surface area contributed by atoms with Gasteiger partial charge < -0.3 is 15.5 Å². The lowest BCUT2D eigenvalue weighted by Gasteiger charge is -2.41. The molecule has 0 bridgehead atoms. The number of carbonyl (C=O) groups excluding carboxylic acids is 2. The first-order valence-corrected chi connectivity index (χ1v) is 8.09. The molecule has 1 heterocycles. The third-order valence-corrected chi connectivity index (χ3v) is 4.62. The number of nitrogens with zero attached hydrogens (tertiary/aromatic N) is 1. The summed E-state index contributed by atoms with van der Waals surface area (Å²) in [6.45, 7) is 2.59. The van der Waals surface area contributed by atoms with Gasteiger partial charge in [0.2, 0.25) is 11.8 Å². The second kappa shape index (κ2) is 6.18. The molecule has 6 heteroatoms. The molecule has 0 radical (unpaired) electrons. The fourth-order valence-electron chi connectivity index (χ4n) is 3.01. The molecule has 2 N–H and O–H groups in total. The first-order chi connectivity index (χ1) is 11.0. The van der Waals surface area contributed by atoms with Gasteiger partial charge in [0.1, 0.15) is 11.4 Å². The van der Waals surface area contributed by atoms with Crippen molar-refractivity contribution in [2.45, 2.75) is 44.2 Å². The molecule has 1 aromatic rings. The van der Waals surface area contributed by atoms with Crippen molar-refractivity contribution in [3.8, 4) is 0 Å². The topological polar surface area (TPSA) is 61.4 Å². The minimum Gasteiger partial charge on any atom is -0.371 e. The van der Waals surface area contributed by atoms with Crippen LogP contribution in [0.1, 0.15) is 32.6 Å². The van der Waals surface area contributed by atoms with Crippen LogP contribution in [0.4, 0.5) is 10.1 Å². The van der Waals surface area contributed by atoms with Gasteiger partial charge in [-0.25, -0.2) is 4.39 Å². The summed E-state index contributed by atoms with van der Waals surface area (Å²) in [6.07, 6.45) is 3.06. The quantitative estimate of drug-likeness (QED) is 0.891. The van der Waals surface area contributed by atoms with E-state index in [0.717, 1.165) is 12.8 Å². The van der Waals surface area contributed by atoms with Crippen LogP contribution in [0.5, 0.6) is 0 Å². The van der Waals surface area contributed by atoms with Crippen LogP contribution in [0.3, 0.4) is 0 Å². The number of nitrogens with one attached hydrogen (secondary N) is 2. The van der Waals surface area contributed by atoms with Crippen LogP contribution < -0.4 is 10.6 Å². The Morgan fingerprint density at radius 2 is 1.96 bits per heavy atom. The van der Waals surface area contributed by atoms with Gasteiger partial charge in [0.25, 0.3) is 0 Å². The minimum absolute atomic E-state index is 0.0203. The molecule has 1 saturated carbocycles. The van der Waals surface area contributed by atoms with Crippen LogP contribution in [0.2, 0.25) is 0 Å². The number of carbonyl (C=O) groups is 2. The third-order valence-electron chi connectivity index (χ3n) is 4.62. The fraction of sp³-hybridized carbons (Fsp3) is 0.529. The Kier molecular flexibility index (Phi) is 4.24. The van der Waals surface area contributed by atoms with Crippen molar-refractivity contribution in [1.82, 2.24) is 10.2 Å². The Morgan fingerprint density at radius 3 is 2.52 bits per heavy atom. The third kappa shape index (κ3) is 3.63. The molecular weight excluding hydrogens is 297 g/mol. The number of hydrogen-bond acceptors (Lipinski definition) is 3. The first-order valence-electron chi connectivity index (χ1n) is 8.09. The monoisotopic (exact) mass is 319 g/mol. The van der Waals surface area contributed by atoms with Gasteiger partial charge in [-0.2, -0.15) is 0 Å². The summed E-state index contributed by atoms with van der Waals surface area (Å²) >= 11 is 0. The second-order valence-corrected chi connectivity index (χ2v) is 6.47. The molecule has 1 aliphatic carbocycles. The molecule has 2 fully saturated rings. The standard InChI is InChI=1S/C17H22FN3O2/c1-12(22)21-9-7-17(8-10-21,16(23)19-14-5-6-14)20-15-4-2-3-13(18)11-15/h2-4,11,14,20H,5-10H2,1H3,(H,19,23). The van der Waals surface area contributed by atoms with E-state index in [9.17, 15) is 14.0 Å². The molecule has 2 amide bonds. The van der Waals surface area contributed by atoms with E-state index in [4.69, 9.17) is 0 Å². The maximum absolute atomic E-state index is 13.4. The molecule has 2 aliphatic rings. The van der Waals surface area contributed by atoms with E-state index in [1.807, 2.05) is 0 Å². The predicted molar refractivity (Wildman–Crippen MR) is 85.4 cm³/mol. The van der Waals surface area contributed by atoms with Gasteiger partial charge in [0.15, 0.2) is 0 Å². The number of piperidine rings is 1. The van der Waals surface area contributed by atoms with Crippen LogP contribution in [0.15, 0.2) is 24.3 Å². The Labute approximate surface area is 135 Å². The van der Waals surface area contributed by atoms with Crippen molar-refractivity contribution >= 4 is 17.5 Å². The van der Waals surface area contributed by atoms with E-state index in [0.29, 0.717) is 31.6 Å². The second-order valence-electron chi connectivity index (χ2n) is 6.47. The number of rotatable bonds is 4. The zero-order chi connectivity index (χ0) is 16.4. The fourth-order valence-corrected chi connectivity index (χ4v) is 3.01. The normalized spacial score (nSPS) is 20.0. The number of amides is 2. The number of halogens is 1. The molecule has 124 valence electrons. The van der Waals surface area contributed by atoms with Gasteiger partial charge >= 0.3 is 0 Å². The number of likely N-dealkylation sites (tertiary alicyclic amines) is 1. The highest BCUT2D eigenvalue weighted by atomic mass is 19.1. The van der Waals surface area contributed by atoms with Crippen molar-refractivity contribution in [2.75, 3.05) is 18.4 Å². The predicted octanol–water partition coefficient (Wildman–Crippen LogP) is 1.90. The summed E-state index contributed by atoms with van der Waals surface area (Å²) in [5.41, 5.74) is -0.199. The lowest BCUT2D eigenvalue weighted by Crippen LogP contribution is -2.59. The van der Waals surface area contributed by atoms with E-state index >= 15 is 0 Å². The highest BCUT2D eigenvalue weighted by molar-refractivity contribution is 5.90. The molecule has 23 heavy (non-hydrogen) atoms. The zero-order valence-corrected chi connectivity index (χ0v) is 13.3. The smallest absolute Gasteiger partial charge is 0.246 e. The van der Waals surface area contributed by atoms with E-state index in [2.05, 4.69) is 10.6 Å². The highest BCUT2D eigenvalue weighted by Gasteiger charge is 2.43. The average molecular weight is 319 g/mol. The van der Waals surface area contributed by atoms with Crippen molar-refractivity contribution < 1.29 is 14.0 Å². The molecule has 5 nitrogen and oxygen atoms in total. The van der Waals surface area contributed by atoms with Crippen LogP contribution in [-0.2, 0) is 9.59 Å². The molecule has 1 aromatic carbocycles. The molecule has 0 aromatic heterocycles. The van der Waals surface area contributed by atoms with Gasteiger partial charge in [-0.3, -0.25) is 9.59 Å². The van der Waals surface area contributed by atoms with Crippen molar-refractivity contribution in [2.24, 2.45) is 0 Å². The van der Waals surface area contributed by atoms with E-state index in [1.165, 1.54) is 19.1 Å². The van der Waals surface area contributed by atoms with Gasteiger partial charge in [0.05, 0.1) is 0 Å². The molecule has 1 aliphatic heterocycles. The minimum atomic E-state index is -0.789. The highest BCUT2D eigenvalue weighted by Crippen LogP contribution is 2.30. The average Bonchev–Trinajstić information content (AvgIpc) is 3.31. The first kappa shape index (κ1) is 15.8. The summed E-state index contributed by atoms with van der Waals surface area (Å²) in [5.74, 6) is -0.367. The lowest BCUT2D eigenvalue weighted by molar-refractivity contribution is -0.134. The van der Waals surface area contributed by atoms with Gasteiger partial charge in [-0.15, -0.1) is 0 Å². The van der Waals surface area contributed by atoms with Crippen molar-refractivity contribution in [1.29, 1.82) is 0 Å². The van der Waals surface area contributed by atoms with Gasteiger partial charge in [0, 0.05) is 31.7 Å². The van der Waals surface area contributed by atoms with Crippen LogP contribution in [0, 0.1) is 5.82 Å². The van der Waals surface area contributed by atoms with Gasteiger partial charge in [-0.05, 0) is 43.9 Å². The van der Waals surface area contributed by atoms with Gasteiger partial charge in [-0.1, -0.05) is 6.07 Å². The SMILES string of the molecule is CC(=O)N1CCC(Nc2cccc(F)c2)(C(=O)NC2CC2)CC1. The molecular formula is C17H22FN3O2. The Balaban J connectivity index is 1.78. The van der Waals surface area contributed by atoms with Crippen LogP contribution >= 0.6 is 0 Å². The summed E-state index contributed by atoms with van der Waals surface area (Å²) in [5, 5.41) is 6.28. The summed E-state index contributed by atoms with van der Waals surface area (Å²) in [4.78, 5) is 26.0. The Bertz CT molecular complexity index is 608. The summed E-state index contributed by atoms with van der Waals surface area (Å²) in [7, 11) is 0. The van der Waals surface area contributed by atoms with E-state index in [-0.39, 0.29) is 23.7 Å². The van der Waals surface area contributed by atoms with E-state index in [1.54, 1.807) is 17.0 Å². The number of anilines is 1. The summed E-state index contributed by atoms with van der Waals surface area (Å²) < 4.78 is 13.4. The van der Waals surface area contributed by atoms with Crippen molar-refractivity contribution in [3.05, 3.63) is 30.1 Å². The molecule has 0 unspecified atom stereocenters. The Morgan fingerprint density at radius 1 is 1.26 bits per heavy atom. The number of benzene rings is 1. The molecule has 1 saturated heterocycles. The lowest BCUT2D eigenvalue weighted by atomic mass is 9.85.